The summed E-state index contributed by atoms with van der Waals surface area (Å²) < 4.78 is 112. The van der Waals surface area contributed by atoms with Gasteiger partial charge in [0.05, 0.1) is 44.7 Å². The van der Waals surface area contributed by atoms with Crippen molar-refractivity contribution in [3.05, 3.63) is 254 Å². The van der Waals surface area contributed by atoms with Crippen LogP contribution in [0.3, 0.4) is 0 Å². The van der Waals surface area contributed by atoms with Crippen molar-refractivity contribution >= 4 is 139 Å². The minimum atomic E-state index is -3.87. The average Bonchev–Trinajstić information content (AvgIpc) is 0.779. The number of H-pyrrole nitrogens is 1. The van der Waals surface area contributed by atoms with Crippen molar-refractivity contribution < 1.29 is 57.9 Å². The maximum atomic E-state index is 13.4. The predicted molar refractivity (Wildman–Crippen MR) is 377 cm³/mol. The largest absolute Gasteiger partial charge is 0.394 e. The van der Waals surface area contributed by atoms with E-state index in [0.29, 0.717) is 116 Å². The molecule has 3 aliphatic rings. The van der Waals surface area contributed by atoms with Crippen molar-refractivity contribution in [1.82, 2.24) is 15.0 Å². The van der Waals surface area contributed by atoms with Crippen LogP contribution in [-0.4, -0.2) is 85.4 Å². The number of esters is 2. The van der Waals surface area contributed by atoms with E-state index in [1.54, 1.807) is 143 Å². The zero-order chi connectivity index (χ0) is 71.5. The molecule has 0 saturated carbocycles. The molecular weight excluding hydrogens is 1360 g/mol. The third-order valence-electron chi connectivity index (χ3n) is 16.4. The highest BCUT2D eigenvalue weighted by molar-refractivity contribution is 8.14. The Kier molecular flexibility index (Phi) is 20.4. The number of aromatic amines is 1. The molecule has 11 aromatic rings. The number of ether oxygens (including phenoxy) is 1. The molecule has 7 aromatic carbocycles. The summed E-state index contributed by atoms with van der Waals surface area (Å²) in [4.78, 5) is 53.5. The lowest BCUT2D eigenvalue weighted by molar-refractivity contribution is -0.904. The van der Waals surface area contributed by atoms with Gasteiger partial charge in [0.15, 0.2) is 17.1 Å². The van der Waals surface area contributed by atoms with E-state index in [4.69, 9.17) is 30.4 Å². The van der Waals surface area contributed by atoms with Crippen LogP contribution >= 0.6 is 10.7 Å². The number of benzene rings is 7. The molecule has 3 aliphatic heterocycles. The Morgan fingerprint density at radius 3 is 1.27 bits per heavy atom. The van der Waals surface area contributed by atoms with Crippen LogP contribution in [-0.2, 0) is 72.7 Å². The molecule has 28 heteroatoms. The van der Waals surface area contributed by atoms with E-state index >= 15 is 0 Å². The Morgan fingerprint density at radius 1 is 0.505 bits per heavy atom. The first-order valence-corrected chi connectivity index (χ1v) is 36.8. The Hall–Kier alpha value is -11.1. The summed E-state index contributed by atoms with van der Waals surface area (Å²) in [6, 6.07) is 35.5. The number of halogens is 1. The Balaban J connectivity index is 0.000000140. The lowest BCUT2D eigenvalue weighted by Crippen LogP contribution is -2.31. The molecule has 7 heterocycles. The first kappa shape index (κ1) is 70.7. The van der Waals surface area contributed by atoms with Gasteiger partial charge in [-0.15, -0.1) is 0 Å². The highest BCUT2D eigenvalue weighted by Gasteiger charge is 2.36. The van der Waals surface area contributed by atoms with Gasteiger partial charge in [-0.2, -0.15) is 0 Å². The number of rotatable bonds is 7. The Bertz CT molecular complexity index is 5810. The molecule has 0 unspecified atom stereocenters. The van der Waals surface area contributed by atoms with Crippen LogP contribution in [0.5, 0.6) is 0 Å². The van der Waals surface area contributed by atoms with Crippen molar-refractivity contribution in [3.63, 3.8) is 0 Å². The predicted octanol–water partition coefficient (Wildman–Crippen LogP) is 12.5. The normalized spacial score (nSPS) is 12.9. The van der Waals surface area contributed by atoms with Crippen molar-refractivity contribution in [1.29, 1.82) is 0 Å². The number of sulfonamides is 3. The fourth-order valence-electron chi connectivity index (χ4n) is 12.1. The second-order valence-electron chi connectivity index (χ2n) is 22.9. The lowest BCUT2D eigenvalue weighted by atomic mass is 10.1. The molecule has 0 amide bonds. The summed E-state index contributed by atoms with van der Waals surface area (Å²) in [6.45, 7) is 32.2. The molecule has 23 nitrogen and oxygen atoms in total. The van der Waals surface area contributed by atoms with E-state index in [0.717, 1.165) is 43.3 Å². The topological polar surface area (TPSA) is 285 Å². The van der Waals surface area contributed by atoms with Gasteiger partial charge >= 0.3 is 11.9 Å². The minimum Gasteiger partial charge on any atom is -0.394 e. The summed E-state index contributed by atoms with van der Waals surface area (Å²) in [6.07, 6.45) is 12.9. The van der Waals surface area contributed by atoms with Crippen molar-refractivity contribution in [2.75, 3.05) is 32.5 Å². The zero-order valence-corrected chi connectivity index (χ0v) is 57.8. The van der Waals surface area contributed by atoms with Crippen molar-refractivity contribution in [2.45, 2.75) is 80.4 Å². The highest BCUT2D eigenvalue weighted by atomic mass is 35.7. The number of hydrogen-bond acceptors (Lipinski definition) is 15. The number of fused-ring (bicyclic) bond motifs is 7. The molecule has 0 fully saturated rings. The second kappa shape index (κ2) is 28.5. The van der Waals surface area contributed by atoms with Gasteiger partial charge in [-0.05, 0) is 135 Å². The summed E-state index contributed by atoms with van der Waals surface area (Å²) in [5, 5.41) is 14.7. The van der Waals surface area contributed by atoms with Crippen LogP contribution in [0, 0.1) is 47.4 Å². The van der Waals surface area contributed by atoms with Gasteiger partial charge in [-0.1, -0.05) is 72.8 Å². The number of nitrogens with one attached hydrogen (secondary N) is 1. The van der Waals surface area contributed by atoms with Crippen LogP contribution in [0.1, 0.15) is 52.8 Å². The molecule has 0 saturated heterocycles. The monoisotopic (exact) mass is 1420 g/mol. The third-order valence-corrected chi connectivity index (χ3v) is 23.3. The van der Waals surface area contributed by atoms with Gasteiger partial charge in [-0.25, -0.2) is 48.2 Å². The number of aryl methyl sites for hydroxylation is 4. The van der Waals surface area contributed by atoms with Gasteiger partial charge in [0.1, 0.15) is 0 Å². The number of anilines is 3. The molecular formula is C71H60ClN10O13S4+. The first-order valence-electron chi connectivity index (χ1n) is 30.1. The van der Waals surface area contributed by atoms with E-state index in [1.165, 1.54) is 57.5 Å². The number of nitrogens with zero attached hydrogens (tertiary/aromatic N) is 9. The maximum Gasteiger partial charge on any atom is 0.310 e. The number of carbonyl (C=O) groups is 2. The second-order valence-corrected chi connectivity index (χ2v) is 30.9. The van der Waals surface area contributed by atoms with Crippen LogP contribution in [0.4, 0.5) is 34.1 Å². The van der Waals surface area contributed by atoms with E-state index in [2.05, 4.69) is 34.2 Å². The van der Waals surface area contributed by atoms with E-state index in [-0.39, 0.29) is 25.1 Å². The van der Waals surface area contributed by atoms with Crippen LogP contribution in [0.25, 0.3) is 57.6 Å². The summed E-state index contributed by atoms with van der Waals surface area (Å²) in [7, 11) is -9.73. The molecule has 0 bridgehead atoms. The fourth-order valence-corrected chi connectivity index (χ4v) is 18.6. The number of pyridine rings is 4. The van der Waals surface area contributed by atoms with Gasteiger partial charge in [0, 0.05) is 140 Å². The van der Waals surface area contributed by atoms with Gasteiger partial charge in [0.2, 0.25) is 12.4 Å². The summed E-state index contributed by atoms with van der Waals surface area (Å²) in [5.41, 5.74) is 8.41. The van der Waals surface area contributed by atoms with E-state index in [9.17, 15) is 53.3 Å². The standard InChI is InChI=1S/C19H16N3O3S.C19H15N3O3S.C19H15N3O2S.C10H8ClNO2S.C4H6O3/c1-13-11-21(23)12-15-4-3-5-18(19(13)15)26(24,25)22-9-8-14-6-7-16(20-2)10-17(14)22;1-12-11-21-19(23)15-4-3-5-17(18(12)15)26(24,25)22-9-8-13-6-7-14(20-2)10-16(13)22;1-13-11-21-12-15-4-3-5-18(19(13)15)25(23,24)22-9-8-14-6-7-16(20-2)10-17(14)22;1-7-5-12-6-8-3-2-4-9(10(7)8)15(11,13)14;1-3(5)7-4(2)6/h3-7,10-12,23H,8-9H2,1H3;3-7,10-11H,8-9H2,1H3,(H,21,23);3-7,10-12H,8-9H2,1H3;2-6H,1H3;1-2H3/q+1;;;;. The Morgan fingerprint density at radius 2 is 0.879 bits per heavy atom. The first-order chi connectivity index (χ1) is 47.0. The molecule has 0 radical (unpaired) electrons. The van der Waals surface area contributed by atoms with E-state index < -0.39 is 51.1 Å². The number of carbonyl (C=O) groups excluding carboxylic acids is 2. The molecule has 0 aliphatic carbocycles. The van der Waals surface area contributed by atoms with Crippen LogP contribution < -0.4 is 23.2 Å². The van der Waals surface area contributed by atoms with Gasteiger partial charge in [0.25, 0.3) is 44.7 Å². The van der Waals surface area contributed by atoms with Gasteiger partial charge in [-0.3, -0.25) is 42.5 Å². The van der Waals surface area contributed by atoms with Crippen molar-refractivity contribution in [3.8, 4) is 0 Å². The zero-order valence-electron chi connectivity index (χ0n) is 53.8. The quantitative estimate of drug-likeness (QED) is 0.0374. The molecule has 99 heavy (non-hydrogen) atoms. The third kappa shape index (κ3) is 14.5. The molecule has 4 aromatic heterocycles. The minimum absolute atomic E-state index is 0.111. The average molecular weight is 1430 g/mol. The van der Waals surface area contributed by atoms with Gasteiger partial charge < -0.3 is 9.72 Å². The van der Waals surface area contributed by atoms with Crippen molar-refractivity contribution in [2.24, 2.45) is 0 Å². The SMILES string of the molecule is CC(=O)OC(C)=O.Cc1cncc2cccc(S(=O)(=O)Cl)c12.[C-]#[N+]c1ccc2c(c1)N(S(=O)(=O)c1cccc3c(=O)[nH]cc(C)c13)CC2.[C-]#[N+]c1ccc2c(c1)N(S(=O)(=O)c1cccc3c[n+](O)cc(C)c13)CC2.[C-]#[N+]c1ccc2c(c1)N(S(=O)(=O)c1cccc3cncc(C)c13)CC2. The number of hydrogen-bond donors (Lipinski definition) is 2. The van der Waals surface area contributed by atoms with Crippen LogP contribution in [0.2, 0.25) is 0 Å². The highest BCUT2D eigenvalue weighted by Crippen LogP contribution is 2.41. The fraction of sp³-hybridized carbons (Fsp3) is 0.169. The van der Waals surface area contributed by atoms with E-state index in [1.807, 2.05) is 25.1 Å². The van der Waals surface area contributed by atoms with Crippen LogP contribution in [0.15, 0.2) is 195 Å². The molecule has 0 atom stereocenters. The molecule has 2 N–H and O–H groups in total. The molecule has 502 valence electrons. The lowest BCUT2D eigenvalue weighted by Gasteiger charge is -2.21. The molecule has 14 rings (SSSR count). The maximum absolute atomic E-state index is 13.4. The summed E-state index contributed by atoms with van der Waals surface area (Å²) >= 11 is 0. The Labute approximate surface area is 575 Å². The smallest absolute Gasteiger partial charge is 0.310 e. The summed E-state index contributed by atoms with van der Waals surface area (Å²) in [5.74, 6) is -1.12. The number of aromatic nitrogens is 4. The molecule has 0 spiro atoms.